The molecule has 2 amide bonds. The SMILES string of the molecule is CCOC(=O)c1sc2nc(C)cc(COC)c2c1NC(=O)[C@@H]1CCCN1C(=O)Oc1ccccc1. The van der Waals surface area contributed by atoms with Gasteiger partial charge in [-0.2, -0.15) is 0 Å². The molecule has 1 atom stereocenters. The van der Waals surface area contributed by atoms with Gasteiger partial charge in [-0.15, -0.1) is 11.3 Å². The number of rotatable bonds is 7. The molecular formula is C25H27N3O6S. The average Bonchev–Trinajstić information content (AvgIpc) is 3.46. The molecule has 1 aliphatic heterocycles. The number of thiophene rings is 1. The molecule has 35 heavy (non-hydrogen) atoms. The van der Waals surface area contributed by atoms with Crippen LogP contribution in [0.1, 0.15) is 40.7 Å². The number of methoxy groups -OCH3 is 1. The second-order valence-electron chi connectivity index (χ2n) is 8.08. The number of aryl methyl sites for hydroxylation is 1. The molecule has 1 saturated heterocycles. The summed E-state index contributed by atoms with van der Waals surface area (Å²) in [5.74, 6) is -0.539. The molecule has 1 aliphatic rings. The van der Waals surface area contributed by atoms with Gasteiger partial charge >= 0.3 is 12.1 Å². The Kier molecular flexibility index (Phi) is 7.62. The first-order chi connectivity index (χ1) is 16.9. The van der Waals surface area contributed by atoms with Crippen molar-refractivity contribution < 1.29 is 28.6 Å². The lowest BCUT2D eigenvalue weighted by atomic mass is 10.1. The van der Waals surface area contributed by atoms with Gasteiger partial charge in [-0.1, -0.05) is 18.2 Å². The molecule has 1 aromatic carbocycles. The summed E-state index contributed by atoms with van der Waals surface area (Å²) in [7, 11) is 1.58. The van der Waals surface area contributed by atoms with Crippen LogP contribution in [-0.2, 0) is 20.9 Å². The van der Waals surface area contributed by atoms with E-state index in [0.29, 0.717) is 41.0 Å². The molecule has 9 nitrogen and oxygen atoms in total. The van der Waals surface area contributed by atoms with Crippen LogP contribution in [-0.4, -0.2) is 54.2 Å². The van der Waals surface area contributed by atoms with Gasteiger partial charge in [-0.25, -0.2) is 14.6 Å². The van der Waals surface area contributed by atoms with Gasteiger partial charge in [0.1, 0.15) is 21.5 Å². The number of para-hydroxylation sites is 1. The van der Waals surface area contributed by atoms with Crippen LogP contribution >= 0.6 is 11.3 Å². The summed E-state index contributed by atoms with van der Waals surface area (Å²) in [6.07, 6.45) is 0.550. The fourth-order valence-corrected chi connectivity index (χ4v) is 5.27. The number of hydrogen-bond acceptors (Lipinski definition) is 8. The van der Waals surface area contributed by atoms with E-state index < -0.39 is 24.0 Å². The van der Waals surface area contributed by atoms with E-state index in [1.807, 2.05) is 19.1 Å². The number of carbonyl (C=O) groups excluding carboxylic acids is 3. The van der Waals surface area contributed by atoms with E-state index >= 15 is 0 Å². The molecule has 2 aromatic heterocycles. The molecule has 0 radical (unpaired) electrons. The van der Waals surface area contributed by atoms with Crippen molar-refractivity contribution in [2.45, 2.75) is 39.3 Å². The summed E-state index contributed by atoms with van der Waals surface area (Å²) >= 11 is 1.16. The molecule has 0 aliphatic carbocycles. The van der Waals surface area contributed by atoms with Gasteiger partial charge in [0.2, 0.25) is 5.91 Å². The van der Waals surface area contributed by atoms with Crippen LogP contribution in [0.3, 0.4) is 0 Å². The van der Waals surface area contributed by atoms with Crippen molar-refractivity contribution >= 4 is 45.2 Å². The monoisotopic (exact) mass is 497 g/mol. The molecule has 0 saturated carbocycles. The number of nitrogens with one attached hydrogen (secondary N) is 1. The lowest BCUT2D eigenvalue weighted by molar-refractivity contribution is -0.119. The first kappa shape index (κ1) is 24.6. The lowest BCUT2D eigenvalue weighted by Crippen LogP contribution is -2.44. The predicted molar refractivity (Wildman–Crippen MR) is 132 cm³/mol. The number of fused-ring (bicyclic) bond motifs is 1. The van der Waals surface area contributed by atoms with Gasteiger partial charge in [0.05, 0.1) is 18.9 Å². The smallest absolute Gasteiger partial charge is 0.415 e. The summed E-state index contributed by atoms with van der Waals surface area (Å²) < 4.78 is 16.0. The van der Waals surface area contributed by atoms with E-state index in [4.69, 9.17) is 14.2 Å². The molecule has 1 fully saturated rings. The minimum atomic E-state index is -0.736. The van der Waals surface area contributed by atoms with Gasteiger partial charge in [-0.05, 0) is 50.5 Å². The highest BCUT2D eigenvalue weighted by Gasteiger charge is 2.36. The Hall–Kier alpha value is -3.50. The molecule has 0 unspecified atom stereocenters. The van der Waals surface area contributed by atoms with Crippen molar-refractivity contribution in [3.63, 3.8) is 0 Å². The van der Waals surface area contributed by atoms with Crippen molar-refractivity contribution in [2.24, 2.45) is 0 Å². The summed E-state index contributed by atoms with van der Waals surface area (Å²) in [6.45, 7) is 4.45. The Bertz CT molecular complexity index is 1240. The summed E-state index contributed by atoms with van der Waals surface area (Å²) in [5.41, 5.74) is 1.89. The maximum atomic E-state index is 13.4. The second-order valence-corrected chi connectivity index (χ2v) is 9.08. The first-order valence-corrected chi connectivity index (χ1v) is 12.2. The van der Waals surface area contributed by atoms with Gasteiger partial charge in [0.15, 0.2) is 0 Å². The highest BCUT2D eigenvalue weighted by atomic mass is 32.1. The Morgan fingerprint density at radius 1 is 1.23 bits per heavy atom. The van der Waals surface area contributed by atoms with E-state index in [-0.39, 0.29) is 18.1 Å². The van der Waals surface area contributed by atoms with Gasteiger partial charge < -0.3 is 19.5 Å². The zero-order chi connectivity index (χ0) is 24.9. The number of ether oxygens (including phenoxy) is 3. The fourth-order valence-electron chi connectivity index (χ4n) is 4.15. The van der Waals surface area contributed by atoms with Crippen LogP contribution in [0.5, 0.6) is 5.75 Å². The van der Waals surface area contributed by atoms with Crippen molar-refractivity contribution in [1.29, 1.82) is 0 Å². The van der Waals surface area contributed by atoms with E-state index in [9.17, 15) is 14.4 Å². The predicted octanol–water partition coefficient (Wildman–Crippen LogP) is 4.53. The zero-order valence-electron chi connectivity index (χ0n) is 19.8. The van der Waals surface area contributed by atoms with Gasteiger partial charge in [-0.3, -0.25) is 9.69 Å². The number of pyridine rings is 1. The minimum absolute atomic E-state index is 0.194. The topological polar surface area (TPSA) is 107 Å². The van der Waals surface area contributed by atoms with Crippen molar-refractivity contribution in [2.75, 3.05) is 25.6 Å². The molecule has 184 valence electrons. The number of esters is 1. The van der Waals surface area contributed by atoms with E-state index in [0.717, 1.165) is 22.6 Å². The molecule has 3 aromatic rings. The van der Waals surface area contributed by atoms with Crippen LogP contribution in [0.25, 0.3) is 10.2 Å². The first-order valence-electron chi connectivity index (χ1n) is 11.4. The molecule has 0 spiro atoms. The Morgan fingerprint density at radius 2 is 2.00 bits per heavy atom. The normalized spacial score (nSPS) is 15.3. The Labute approximate surface area is 207 Å². The minimum Gasteiger partial charge on any atom is -0.462 e. The van der Waals surface area contributed by atoms with E-state index in [2.05, 4.69) is 10.3 Å². The standard InChI is InChI=1S/C25H27N3O6S/c1-4-33-24(30)21-20(19-16(14-32-3)13-15(2)26-23(19)35-21)27-22(29)18-11-8-12-28(18)25(31)34-17-9-6-5-7-10-17/h5-7,9-10,13,18H,4,8,11-12,14H2,1-3H3,(H,27,29)/t18-/m0/s1. The highest BCUT2D eigenvalue weighted by molar-refractivity contribution is 7.21. The third-order valence-corrected chi connectivity index (χ3v) is 6.68. The number of nitrogens with zero attached hydrogens (tertiary/aromatic N) is 2. The maximum Gasteiger partial charge on any atom is 0.415 e. The quantitative estimate of drug-likeness (QED) is 0.478. The third kappa shape index (κ3) is 5.28. The summed E-state index contributed by atoms with van der Waals surface area (Å²) in [5, 5.41) is 3.54. The van der Waals surface area contributed by atoms with Crippen LogP contribution in [0.4, 0.5) is 10.5 Å². The average molecular weight is 498 g/mol. The number of amides is 2. The number of carbonyl (C=O) groups is 3. The van der Waals surface area contributed by atoms with Gasteiger partial charge in [0.25, 0.3) is 0 Å². The zero-order valence-corrected chi connectivity index (χ0v) is 20.6. The molecule has 1 N–H and O–H groups in total. The number of benzene rings is 1. The number of likely N-dealkylation sites (tertiary alicyclic amines) is 1. The van der Waals surface area contributed by atoms with Crippen LogP contribution in [0, 0.1) is 6.92 Å². The Balaban J connectivity index is 1.65. The van der Waals surface area contributed by atoms with Crippen molar-refractivity contribution in [1.82, 2.24) is 9.88 Å². The Morgan fingerprint density at radius 3 is 2.71 bits per heavy atom. The number of anilines is 1. The maximum absolute atomic E-state index is 13.4. The lowest BCUT2D eigenvalue weighted by Gasteiger charge is -2.23. The molecule has 10 heteroatoms. The number of hydrogen-bond donors (Lipinski definition) is 1. The van der Waals surface area contributed by atoms with Crippen LogP contribution < -0.4 is 10.1 Å². The number of aromatic nitrogens is 1. The molecular weight excluding hydrogens is 470 g/mol. The van der Waals surface area contributed by atoms with Crippen LogP contribution in [0.15, 0.2) is 36.4 Å². The van der Waals surface area contributed by atoms with Gasteiger partial charge in [0, 0.05) is 24.7 Å². The van der Waals surface area contributed by atoms with E-state index in [1.165, 1.54) is 4.90 Å². The molecule has 4 rings (SSSR count). The second kappa shape index (κ2) is 10.8. The molecule has 0 bridgehead atoms. The molecule has 3 heterocycles. The van der Waals surface area contributed by atoms with E-state index in [1.54, 1.807) is 38.3 Å². The summed E-state index contributed by atoms with van der Waals surface area (Å²) in [4.78, 5) is 45.8. The van der Waals surface area contributed by atoms with Crippen molar-refractivity contribution in [3.05, 3.63) is 52.5 Å². The highest BCUT2D eigenvalue weighted by Crippen LogP contribution is 2.39. The third-order valence-electron chi connectivity index (χ3n) is 5.62. The summed E-state index contributed by atoms with van der Waals surface area (Å²) in [6, 6.07) is 9.84. The largest absolute Gasteiger partial charge is 0.462 e. The van der Waals surface area contributed by atoms with Crippen molar-refractivity contribution in [3.8, 4) is 5.75 Å². The fraction of sp³-hybridized carbons (Fsp3) is 0.360. The van der Waals surface area contributed by atoms with Crippen LogP contribution in [0.2, 0.25) is 0 Å².